The molecule has 0 saturated carbocycles. The molecule has 0 N–H and O–H groups in total. The van der Waals surface area contributed by atoms with Crippen LogP contribution in [-0.2, 0) is 14.3 Å². The van der Waals surface area contributed by atoms with Crippen molar-refractivity contribution in [2.75, 3.05) is 27.7 Å². The summed E-state index contributed by atoms with van der Waals surface area (Å²) in [4.78, 5) is 27.5. The third-order valence-corrected chi connectivity index (χ3v) is 3.07. The molecule has 0 atom stereocenters. The first-order valence-corrected chi connectivity index (χ1v) is 6.44. The van der Waals surface area contributed by atoms with E-state index in [9.17, 15) is 9.59 Å². The van der Waals surface area contributed by atoms with Crippen LogP contribution in [0.4, 0.5) is 0 Å². The van der Waals surface area contributed by atoms with E-state index >= 15 is 0 Å². The third-order valence-electron chi connectivity index (χ3n) is 3.07. The SMILES string of the molecule is CCCCN1C(N(C)C)=C(C)C(=O)/C1=C/C(=O)OC. The summed E-state index contributed by atoms with van der Waals surface area (Å²) in [5.41, 5.74) is 1.07. The summed E-state index contributed by atoms with van der Waals surface area (Å²) in [7, 11) is 5.10. The maximum absolute atomic E-state index is 12.2. The molecule has 0 fully saturated rings. The molecule has 1 rings (SSSR count). The largest absolute Gasteiger partial charge is 0.466 e. The number of unbranched alkanes of at least 4 members (excludes halogenated alkanes) is 1. The number of esters is 1. The van der Waals surface area contributed by atoms with Crippen LogP contribution in [-0.4, -0.2) is 49.3 Å². The second-order valence-corrected chi connectivity index (χ2v) is 4.73. The van der Waals surface area contributed by atoms with Gasteiger partial charge in [0.1, 0.15) is 5.82 Å². The van der Waals surface area contributed by atoms with Crippen molar-refractivity contribution in [2.24, 2.45) is 0 Å². The average molecular weight is 266 g/mol. The quantitative estimate of drug-likeness (QED) is 0.558. The molecular formula is C14H22N2O3. The molecule has 106 valence electrons. The molecule has 0 aromatic rings. The Morgan fingerprint density at radius 3 is 2.53 bits per heavy atom. The zero-order chi connectivity index (χ0) is 14.6. The lowest BCUT2D eigenvalue weighted by molar-refractivity contribution is -0.135. The van der Waals surface area contributed by atoms with Crippen LogP contribution in [0.5, 0.6) is 0 Å². The van der Waals surface area contributed by atoms with Gasteiger partial charge in [-0.3, -0.25) is 4.79 Å². The Labute approximate surface area is 114 Å². The van der Waals surface area contributed by atoms with Crippen molar-refractivity contribution in [3.8, 4) is 0 Å². The summed E-state index contributed by atoms with van der Waals surface area (Å²) in [5, 5.41) is 0. The van der Waals surface area contributed by atoms with E-state index in [0.717, 1.165) is 25.2 Å². The summed E-state index contributed by atoms with van der Waals surface area (Å²) in [6, 6.07) is 0. The Bertz CT molecular complexity index is 436. The molecule has 0 aromatic heterocycles. The zero-order valence-electron chi connectivity index (χ0n) is 12.3. The molecule has 0 saturated heterocycles. The second-order valence-electron chi connectivity index (χ2n) is 4.73. The van der Waals surface area contributed by atoms with Crippen molar-refractivity contribution in [3.05, 3.63) is 23.2 Å². The van der Waals surface area contributed by atoms with Crippen LogP contribution in [0.25, 0.3) is 0 Å². The topological polar surface area (TPSA) is 49.9 Å². The van der Waals surface area contributed by atoms with Gasteiger partial charge in [0.05, 0.1) is 18.9 Å². The van der Waals surface area contributed by atoms with E-state index in [4.69, 9.17) is 0 Å². The lowest BCUT2D eigenvalue weighted by Crippen LogP contribution is -2.29. The number of methoxy groups -OCH3 is 1. The van der Waals surface area contributed by atoms with Gasteiger partial charge in [-0.15, -0.1) is 0 Å². The summed E-state index contributed by atoms with van der Waals surface area (Å²) in [5.74, 6) is 0.247. The van der Waals surface area contributed by atoms with E-state index in [0.29, 0.717) is 11.3 Å². The van der Waals surface area contributed by atoms with E-state index in [-0.39, 0.29) is 5.78 Å². The van der Waals surface area contributed by atoms with Gasteiger partial charge in [-0.1, -0.05) is 13.3 Å². The minimum absolute atomic E-state index is 0.106. The first-order chi connectivity index (χ1) is 8.93. The Kier molecular flexibility index (Phi) is 5.15. The van der Waals surface area contributed by atoms with Gasteiger partial charge in [-0.05, 0) is 13.3 Å². The molecule has 0 aliphatic carbocycles. The fourth-order valence-corrected chi connectivity index (χ4v) is 2.17. The summed E-state index contributed by atoms with van der Waals surface area (Å²) < 4.78 is 4.62. The summed E-state index contributed by atoms with van der Waals surface area (Å²) >= 11 is 0. The average Bonchev–Trinajstić information content (AvgIpc) is 2.60. The normalized spacial score (nSPS) is 17.4. The van der Waals surface area contributed by atoms with Gasteiger partial charge in [0.2, 0.25) is 5.78 Å². The highest BCUT2D eigenvalue weighted by molar-refractivity contribution is 6.12. The van der Waals surface area contributed by atoms with Crippen LogP contribution in [0.3, 0.4) is 0 Å². The molecule has 0 unspecified atom stereocenters. The van der Waals surface area contributed by atoms with Crippen LogP contribution in [0.15, 0.2) is 23.2 Å². The molecular weight excluding hydrogens is 244 g/mol. The smallest absolute Gasteiger partial charge is 0.332 e. The first kappa shape index (κ1) is 15.3. The Balaban J connectivity index is 3.15. The maximum atomic E-state index is 12.2. The number of Topliss-reactive ketones (excluding diaryl/α,β-unsaturated/α-hetero) is 1. The lowest BCUT2D eigenvalue weighted by Gasteiger charge is -2.27. The second kappa shape index (κ2) is 6.41. The fourth-order valence-electron chi connectivity index (χ4n) is 2.17. The maximum Gasteiger partial charge on any atom is 0.332 e. The van der Waals surface area contributed by atoms with Gasteiger partial charge in [-0.2, -0.15) is 0 Å². The summed E-state index contributed by atoms with van der Waals surface area (Å²) in [6.45, 7) is 4.60. The Morgan fingerprint density at radius 1 is 1.42 bits per heavy atom. The van der Waals surface area contributed by atoms with Gasteiger partial charge in [0, 0.05) is 26.2 Å². The molecule has 1 aliphatic heterocycles. The van der Waals surface area contributed by atoms with Crippen molar-refractivity contribution in [1.29, 1.82) is 0 Å². The fraction of sp³-hybridized carbons (Fsp3) is 0.571. The predicted octanol–water partition coefficient (Wildman–Crippen LogP) is 1.52. The van der Waals surface area contributed by atoms with Crippen LogP contribution in [0.1, 0.15) is 26.7 Å². The van der Waals surface area contributed by atoms with Gasteiger partial charge < -0.3 is 14.5 Å². The molecule has 19 heavy (non-hydrogen) atoms. The van der Waals surface area contributed by atoms with E-state index < -0.39 is 5.97 Å². The van der Waals surface area contributed by atoms with E-state index in [2.05, 4.69) is 11.7 Å². The highest BCUT2D eigenvalue weighted by atomic mass is 16.5. The van der Waals surface area contributed by atoms with Crippen LogP contribution in [0, 0.1) is 0 Å². The van der Waals surface area contributed by atoms with Crippen molar-refractivity contribution < 1.29 is 14.3 Å². The minimum atomic E-state index is -0.502. The highest BCUT2D eigenvalue weighted by Crippen LogP contribution is 2.30. The number of allylic oxidation sites excluding steroid dienone is 1. The Morgan fingerprint density at radius 2 is 2.05 bits per heavy atom. The van der Waals surface area contributed by atoms with Crippen LogP contribution < -0.4 is 0 Å². The van der Waals surface area contributed by atoms with E-state index in [1.165, 1.54) is 13.2 Å². The Hall–Kier alpha value is -1.78. The zero-order valence-corrected chi connectivity index (χ0v) is 12.3. The van der Waals surface area contributed by atoms with Crippen molar-refractivity contribution in [2.45, 2.75) is 26.7 Å². The number of rotatable bonds is 5. The molecule has 0 aromatic carbocycles. The number of hydrogen-bond acceptors (Lipinski definition) is 5. The highest BCUT2D eigenvalue weighted by Gasteiger charge is 2.33. The molecule has 1 heterocycles. The minimum Gasteiger partial charge on any atom is -0.466 e. The monoisotopic (exact) mass is 266 g/mol. The number of carbonyl (C=O) groups is 2. The number of ketones is 1. The van der Waals surface area contributed by atoms with Crippen LogP contribution in [0.2, 0.25) is 0 Å². The molecule has 1 aliphatic rings. The first-order valence-electron chi connectivity index (χ1n) is 6.44. The lowest BCUT2D eigenvalue weighted by atomic mass is 10.2. The number of ether oxygens (including phenoxy) is 1. The van der Waals surface area contributed by atoms with Crippen molar-refractivity contribution >= 4 is 11.8 Å². The standard InChI is InChI=1S/C14H22N2O3/c1-6-7-8-16-11(9-12(17)19-5)13(18)10(2)14(16)15(3)4/h9H,6-8H2,1-5H3/b11-9-. The van der Waals surface area contributed by atoms with Gasteiger partial charge in [-0.25, -0.2) is 4.79 Å². The molecule has 0 bridgehead atoms. The van der Waals surface area contributed by atoms with E-state index in [1.807, 2.05) is 23.9 Å². The van der Waals surface area contributed by atoms with Crippen LogP contribution >= 0.6 is 0 Å². The van der Waals surface area contributed by atoms with Gasteiger partial charge in [0.15, 0.2) is 0 Å². The van der Waals surface area contributed by atoms with Crippen molar-refractivity contribution in [1.82, 2.24) is 9.80 Å². The van der Waals surface area contributed by atoms with E-state index in [1.54, 1.807) is 6.92 Å². The number of nitrogens with zero attached hydrogens (tertiary/aromatic N) is 2. The van der Waals surface area contributed by atoms with Crippen molar-refractivity contribution in [3.63, 3.8) is 0 Å². The molecule has 0 radical (unpaired) electrons. The molecule has 0 spiro atoms. The van der Waals surface area contributed by atoms with Gasteiger partial charge in [0.25, 0.3) is 0 Å². The molecule has 0 amide bonds. The number of hydrogen-bond donors (Lipinski definition) is 0. The summed E-state index contributed by atoms with van der Waals surface area (Å²) in [6.07, 6.45) is 3.25. The molecule has 5 heteroatoms. The van der Waals surface area contributed by atoms with Gasteiger partial charge >= 0.3 is 5.97 Å². The third kappa shape index (κ3) is 3.16. The number of carbonyl (C=O) groups excluding carboxylic acids is 2. The molecule has 5 nitrogen and oxygen atoms in total. The predicted molar refractivity (Wildman–Crippen MR) is 73.1 cm³/mol.